The molecule has 2 atom stereocenters. The summed E-state index contributed by atoms with van der Waals surface area (Å²) in [6.07, 6.45) is 1.18. The molecule has 0 bridgehead atoms. The van der Waals surface area contributed by atoms with Crippen molar-refractivity contribution in [3.63, 3.8) is 0 Å². The second kappa shape index (κ2) is 7.87. The van der Waals surface area contributed by atoms with Gasteiger partial charge in [-0.05, 0) is 24.9 Å². The molecule has 24 heavy (non-hydrogen) atoms. The highest BCUT2D eigenvalue weighted by atomic mass is 32.1. The van der Waals surface area contributed by atoms with Crippen LogP contribution in [0.25, 0.3) is 11.3 Å². The zero-order valence-corrected chi connectivity index (χ0v) is 14.7. The smallest absolute Gasteiger partial charge is 0.117 e. The van der Waals surface area contributed by atoms with E-state index in [1.807, 2.05) is 0 Å². The quantitative estimate of drug-likeness (QED) is 0.805. The van der Waals surface area contributed by atoms with Crippen LogP contribution in [0.1, 0.15) is 30.3 Å². The highest BCUT2D eigenvalue weighted by Crippen LogP contribution is 2.26. The maximum atomic E-state index is 14.1. The molecule has 2 aromatic rings. The lowest BCUT2D eigenvalue weighted by atomic mass is 9.92. The molecule has 1 aliphatic rings. The van der Waals surface area contributed by atoms with E-state index in [1.54, 1.807) is 11.3 Å². The van der Waals surface area contributed by atoms with Crippen molar-refractivity contribution >= 4 is 11.3 Å². The number of nitriles is 1. The lowest BCUT2D eigenvalue weighted by molar-refractivity contribution is 0.0821. The average Bonchev–Trinajstić information content (AvgIpc) is 3.07. The number of halogens is 1. The number of likely N-dealkylation sites (tertiary alicyclic amines) is 1. The number of benzene rings is 1. The predicted octanol–water partition coefficient (Wildman–Crippen LogP) is 4.45. The Balaban J connectivity index is 1.60. The second-order valence-electron chi connectivity index (χ2n) is 6.34. The number of alkyl halides is 1. The van der Waals surface area contributed by atoms with E-state index in [-0.39, 0.29) is 5.92 Å². The third-order valence-electron chi connectivity index (χ3n) is 4.62. The molecule has 1 aromatic heterocycles. The van der Waals surface area contributed by atoms with E-state index in [4.69, 9.17) is 5.26 Å². The average molecular weight is 343 g/mol. The van der Waals surface area contributed by atoms with Crippen LogP contribution in [0, 0.1) is 17.2 Å². The van der Waals surface area contributed by atoms with Crippen molar-refractivity contribution in [3.05, 3.63) is 40.2 Å². The first-order valence-electron chi connectivity index (χ1n) is 8.46. The summed E-state index contributed by atoms with van der Waals surface area (Å²) in [7, 11) is 0. The molecule has 0 amide bonds. The van der Waals surface area contributed by atoms with Crippen molar-refractivity contribution in [1.29, 1.82) is 5.26 Å². The molecule has 0 saturated carbocycles. The van der Waals surface area contributed by atoms with Crippen molar-refractivity contribution in [2.24, 2.45) is 5.92 Å². The van der Waals surface area contributed by atoms with Gasteiger partial charge >= 0.3 is 0 Å². The van der Waals surface area contributed by atoms with Crippen molar-refractivity contribution in [1.82, 2.24) is 9.88 Å². The zero-order chi connectivity index (χ0) is 16.9. The molecular formula is C19H22FN3S. The minimum absolute atomic E-state index is 0.0916. The molecule has 2 heterocycles. The van der Waals surface area contributed by atoms with Gasteiger partial charge in [0.25, 0.3) is 0 Å². The molecule has 5 heteroatoms. The van der Waals surface area contributed by atoms with Gasteiger partial charge in [0.15, 0.2) is 0 Å². The molecular weight excluding hydrogens is 321 g/mol. The third kappa shape index (κ3) is 4.00. The zero-order valence-electron chi connectivity index (χ0n) is 13.9. The van der Waals surface area contributed by atoms with E-state index < -0.39 is 6.17 Å². The van der Waals surface area contributed by atoms with Crippen molar-refractivity contribution in [2.75, 3.05) is 13.1 Å². The van der Waals surface area contributed by atoms with E-state index in [9.17, 15) is 4.39 Å². The standard InChI is InChI=1S/C19H22FN3S/c1-2-19-22-18(13-24-19)16-5-3-14(4-6-16)11-23-10-8-15(7-9-21)17(20)12-23/h3-6,13,15,17H,2,7-8,10-12H2,1H3. The fourth-order valence-electron chi connectivity index (χ4n) is 3.15. The van der Waals surface area contributed by atoms with Crippen LogP contribution in [0.5, 0.6) is 0 Å². The number of rotatable bonds is 5. The fraction of sp³-hybridized carbons (Fsp3) is 0.474. The monoisotopic (exact) mass is 343 g/mol. The molecule has 2 unspecified atom stereocenters. The number of hydrogen-bond donors (Lipinski definition) is 0. The topological polar surface area (TPSA) is 39.9 Å². The molecule has 3 rings (SSSR count). The first-order valence-corrected chi connectivity index (χ1v) is 9.34. The Hall–Kier alpha value is -1.77. The Bertz CT molecular complexity index is 704. The largest absolute Gasteiger partial charge is 0.296 e. The van der Waals surface area contributed by atoms with Crippen LogP contribution in [0.3, 0.4) is 0 Å². The summed E-state index contributed by atoms with van der Waals surface area (Å²) in [6, 6.07) is 10.5. The Morgan fingerprint density at radius 3 is 2.79 bits per heavy atom. The summed E-state index contributed by atoms with van der Waals surface area (Å²) in [4.78, 5) is 6.76. The Morgan fingerprint density at radius 2 is 2.17 bits per heavy atom. The van der Waals surface area contributed by atoms with Gasteiger partial charge in [0.1, 0.15) is 6.17 Å². The van der Waals surface area contributed by atoms with Gasteiger partial charge in [0.05, 0.1) is 16.8 Å². The molecule has 3 nitrogen and oxygen atoms in total. The van der Waals surface area contributed by atoms with E-state index >= 15 is 0 Å². The summed E-state index contributed by atoms with van der Waals surface area (Å²) in [5.74, 6) is -0.0916. The molecule has 1 saturated heterocycles. The molecule has 1 fully saturated rings. The number of aryl methyl sites for hydroxylation is 1. The van der Waals surface area contributed by atoms with Crippen LogP contribution in [0.15, 0.2) is 29.6 Å². The van der Waals surface area contributed by atoms with Gasteiger partial charge in [-0.1, -0.05) is 31.2 Å². The van der Waals surface area contributed by atoms with E-state index in [2.05, 4.69) is 52.5 Å². The molecule has 1 aliphatic heterocycles. The van der Waals surface area contributed by atoms with Crippen LogP contribution < -0.4 is 0 Å². The maximum Gasteiger partial charge on any atom is 0.117 e. The van der Waals surface area contributed by atoms with Crippen molar-refractivity contribution in [2.45, 2.75) is 38.9 Å². The maximum absolute atomic E-state index is 14.1. The van der Waals surface area contributed by atoms with Crippen molar-refractivity contribution in [3.8, 4) is 17.3 Å². The van der Waals surface area contributed by atoms with E-state index in [1.165, 1.54) is 5.56 Å². The first-order chi connectivity index (χ1) is 11.7. The van der Waals surface area contributed by atoms with Gasteiger partial charge in [0, 0.05) is 36.4 Å². The normalized spacial score (nSPS) is 21.5. The number of nitrogens with zero attached hydrogens (tertiary/aromatic N) is 3. The van der Waals surface area contributed by atoms with Crippen LogP contribution in [0.2, 0.25) is 0 Å². The Labute approximate surface area is 146 Å². The summed E-state index contributed by atoms with van der Waals surface area (Å²) < 4.78 is 14.1. The minimum Gasteiger partial charge on any atom is -0.296 e. The first kappa shape index (κ1) is 17.1. The SMILES string of the molecule is CCc1nc(-c2ccc(CN3CCC(CC#N)C(F)C3)cc2)cs1. The van der Waals surface area contributed by atoms with Gasteiger partial charge in [-0.15, -0.1) is 11.3 Å². The molecule has 1 aromatic carbocycles. The van der Waals surface area contributed by atoms with Crippen LogP contribution >= 0.6 is 11.3 Å². The number of thiazole rings is 1. The second-order valence-corrected chi connectivity index (χ2v) is 7.28. The lowest BCUT2D eigenvalue weighted by Gasteiger charge is -2.33. The number of hydrogen-bond acceptors (Lipinski definition) is 4. The predicted molar refractivity (Wildman–Crippen MR) is 95.4 cm³/mol. The number of aromatic nitrogens is 1. The lowest BCUT2D eigenvalue weighted by Crippen LogP contribution is -2.41. The molecule has 0 radical (unpaired) electrons. The highest BCUT2D eigenvalue weighted by molar-refractivity contribution is 7.09. The van der Waals surface area contributed by atoms with Gasteiger partial charge < -0.3 is 0 Å². The van der Waals surface area contributed by atoms with Crippen molar-refractivity contribution < 1.29 is 4.39 Å². The van der Waals surface area contributed by atoms with Crippen LogP contribution in [-0.4, -0.2) is 29.1 Å². The van der Waals surface area contributed by atoms with Gasteiger partial charge in [-0.2, -0.15) is 5.26 Å². The summed E-state index contributed by atoms with van der Waals surface area (Å²) in [6.45, 7) is 4.17. The Kier molecular flexibility index (Phi) is 5.60. The summed E-state index contributed by atoms with van der Waals surface area (Å²) in [5, 5.41) is 12.0. The minimum atomic E-state index is -0.889. The fourth-order valence-corrected chi connectivity index (χ4v) is 3.91. The summed E-state index contributed by atoms with van der Waals surface area (Å²) >= 11 is 1.70. The van der Waals surface area contributed by atoms with Gasteiger partial charge in [-0.25, -0.2) is 9.37 Å². The van der Waals surface area contributed by atoms with Crippen LogP contribution in [-0.2, 0) is 13.0 Å². The van der Waals surface area contributed by atoms with E-state index in [0.717, 1.165) is 42.2 Å². The van der Waals surface area contributed by atoms with Crippen LogP contribution in [0.4, 0.5) is 4.39 Å². The van der Waals surface area contributed by atoms with Gasteiger partial charge in [-0.3, -0.25) is 4.90 Å². The number of piperidine rings is 1. The molecule has 0 spiro atoms. The Morgan fingerprint density at radius 1 is 1.38 bits per heavy atom. The molecule has 0 aliphatic carbocycles. The third-order valence-corrected chi connectivity index (χ3v) is 5.62. The van der Waals surface area contributed by atoms with E-state index in [0.29, 0.717) is 13.0 Å². The summed E-state index contributed by atoms with van der Waals surface area (Å²) in [5.41, 5.74) is 3.35. The molecule has 126 valence electrons. The van der Waals surface area contributed by atoms with Gasteiger partial charge in [0.2, 0.25) is 0 Å². The highest BCUT2D eigenvalue weighted by Gasteiger charge is 2.28. The molecule has 0 N–H and O–H groups in total.